The van der Waals surface area contributed by atoms with Gasteiger partial charge in [-0.2, -0.15) is 0 Å². The highest BCUT2D eigenvalue weighted by molar-refractivity contribution is 6.31. The molecule has 0 aliphatic heterocycles. The first kappa shape index (κ1) is 28.3. The summed E-state index contributed by atoms with van der Waals surface area (Å²) in [4.78, 5) is 17.4. The van der Waals surface area contributed by atoms with Crippen molar-refractivity contribution >= 4 is 28.5 Å². The number of nitrogens with zero attached hydrogens (tertiary/aromatic N) is 2. The van der Waals surface area contributed by atoms with Crippen LogP contribution in [0.5, 0.6) is 17.2 Å². The van der Waals surface area contributed by atoms with Crippen LogP contribution in [0.2, 0.25) is 5.02 Å². The van der Waals surface area contributed by atoms with Crippen molar-refractivity contribution in [2.75, 3.05) is 27.4 Å². The third-order valence-corrected chi connectivity index (χ3v) is 7.09. The molecule has 0 fully saturated rings. The Labute approximate surface area is 235 Å². The molecule has 1 aromatic heterocycles. The Hall–Kier alpha value is -3.71. The number of benzene rings is 3. The molecule has 8 heteroatoms. The van der Waals surface area contributed by atoms with E-state index in [0.29, 0.717) is 30.2 Å². The van der Waals surface area contributed by atoms with E-state index >= 15 is 0 Å². The quantitative estimate of drug-likeness (QED) is 0.179. The minimum Gasteiger partial charge on any atom is -0.494 e. The van der Waals surface area contributed by atoms with Crippen LogP contribution in [0.4, 0.5) is 0 Å². The highest BCUT2D eigenvalue weighted by Crippen LogP contribution is 2.27. The monoisotopic (exact) mass is 549 g/mol. The molecular formula is C31H36ClN3O4. The highest BCUT2D eigenvalue weighted by Gasteiger charge is 2.12. The molecule has 0 radical (unpaired) electrons. The topological polar surface area (TPSA) is 74.6 Å². The molecular weight excluding hydrogens is 514 g/mol. The van der Waals surface area contributed by atoms with Crippen molar-refractivity contribution in [2.45, 2.75) is 45.6 Å². The number of rotatable bonds is 14. The number of carbonyl (C=O) groups is 1. The van der Waals surface area contributed by atoms with Crippen LogP contribution in [-0.2, 0) is 13.0 Å². The zero-order valence-electron chi connectivity index (χ0n) is 22.8. The van der Waals surface area contributed by atoms with Gasteiger partial charge in [0.1, 0.15) is 11.6 Å². The maximum Gasteiger partial charge on any atom is 0.251 e. The molecule has 1 N–H and O–H groups in total. The minimum absolute atomic E-state index is 0.117. The molecule has 0 bridgehead atoms. The average Bonchev–Trinajstić information content (AvgIpc) is 3.31. The number of aryl methyl sites for hydroxylation is 3. The van der Waals surface area contributed by atoms with Crippen LogP contribution in [-0.4, -0.2) is 42.8 Å². The summed E-state index contributed by atoms with van der Waals surface area (Å²) in [6, 6.07) is 19.2. The summed E-state index contributed by atoms with van der Waals surface area (Å²) in [5, 5.41) is 3.74. The molecule has 1 amide bonds. The first-order valence-corrected chi connectivity index (χ1v) is 13.7. The van der Waals surface area contributed by atoms with E-state index in [-0.39, 0.29) is 5.91 Å². The van der Waals surface area contributed by atoms with Crippen LogP contribution in [0.3, 0.4) is 0 Å². The number of ether oxygens (including phenoxy) is 3. The Morgan fingerprint density at radius 3 is 2.56 bits per heavy atom. The van der Waals surface area contributed by atoms with Gasteiger partial charge in [0.25, 0.3) is 5.91 Å². The Kier molecular flexibility index (Phi) is 10.1. The van der Waals surface area contributed by atoms with Crippen LogP contribution < -0.4 is 19.5 Å². The predicted octanol–water partition coefficient (Wildman–Crippen LogP) is 6.63. The van der Waals surface area contributed by atoms with Crippen LogP contribution >= 0.6 is 11.6 Å². The van der Waals surface area contributed by atoms with E-state index < -0.39 is 0 Å². The first-order valence-electron chi connectivity index (χ1n) is 13.3. The second kappa shape index (κ2) is 13.9. The number of hydrogen-bond acceptors (Lipinski definition) is 5. The standard InChI is InChI=1S/C31H36ClN3O4/c1-22-20-24(14-15-25(22)32)39-19-9-18-35-27-11-7-6-10-26(27)34-30(35)12-5-4-8-17-33-31(36)23-13-16-28(37-2)29(21-23)38-3/h6-7,10-11,13-16,20-21H,4-5,8-9,12,17-19H2,1-3H3,(H,33,36). The van der Waals surface area contributed by atoms with Crippen molar-refractivity contribution in [3.8, 4) is 17.2 Å². The zero-order chi connectivity index (χ0) is 27.6. The fourth-order valence-electron chi connectivity index (χ4n) is 4.55. The SMILES string of the molecule is COc1ccc(C(=O)NCCCCCc2nc3ccccc3n2CCCOc2ccc(Cl)c(C)c2)cc1OC. The molecule has 206 valence electrons. The van der Waals surface area contributed by atoms with Gasteiger partial charge in [0.2, 0.25) is 0 Å². The lowest BCUT2D eigenvalue weighted by atomic mass is 10.1. The van der Waals surface area contributed by atoms with Crippen molar-refractivity contribution in [1.29, 1.82) is 0 Å². The van der Waals surface area contributed by atoms with Gasteiger partial charge in [-0.1, -0.05) is 30.2 Å². The van der Waals surface area contributed by atoms with Gasteiger partial charge < -0.3 is 24.1 Å². The maximum absolute atomic E-state index is 12.5. The van der Waals surface area contributed by atoms with E-state index in [1.807, 2.05) is 31.2 Å². The number of fused-ring (bicyclic) bond motifs is 1. The largest absolute Gasteiger partial charge is 0.494 e. The molecule has 3 aromatic carbocycles. The molecule has 0 aliphatic rings. The molecule has 4 aromatic rings. The van der Waals surface area contributed by atoms with E-state index in [1.165, 1.54) is 0 Å². The number of hydrogen-bond donors (Lipinski definition) is 1. The van der Waals surface area contributed by atoms with Crippen LogP contribution in [0.25, 0.3) is 11.0 Å². The number of imidazole rings is 1. The van der Waals surface area contributed by atoms with E-state index in [9.17, 15) is 4.79 Å². The lowest BCUT2D eigenvalue weighted by Crippen LogP contribution is -2.24. The zero-order valence-corrected chi connectivity index (χ0v) is 23.6. The predicted molar refractivity (Wildman–Crippen MR) is 155 cm³/mol. The fraction of sp³-hybridized carbons (Fsp3) is 0.355. The summed E-state index contributed by atoms with van der Waals surface area (Å²) in [5.41, 5.74) is 3.73. The van der Waals surface area contributed by atoms with E-state index in [2.05, 4.69) is 28.1 Å². The number of carbonyl (C=O) groups excluding carboxylic acids is 1. The Bertz CT molecular complexity index is 1400. The smallest absolute Gasteiger partial charge is 0.251 e. The van der Waals surface area contributed by atoms with Crippen molar-refractivity contribution in [3.05, 3.63) is 82.6 Å². The Balaban J connectivity index is 1.24. The number of halogens is 1. The second-order valence-corrected chi connectivity index (χ2v) is 9.82. The van der Waals surface area contributed by atoms with Gasteiger partial charge in [-0.25, -0.2) is 4.98 Å². The van der Waals surface area contributed by atoms with E-state index in [4.69, 9.17) is 30.8 Å². The van der Waals surface area contributed by atoms with Crippen molar-refractivity contribution < 1.29 is 19.0 Å². The normalized spacial score (nSPS) is 11.0. The molecule has 0 unspecified atom stereocenters. The second-order valence-electron chi connectivity index (χ2n) is 9.42. The molecule has 7 nitrogen and oxygen atoms in total. The number of nitrogens with one attached hydrogen (secondary N) is 1. The van der Waals surface area contributed by atoms with Gasteiger partial charge in [-0.05, 0) is 80.3 Å². The average molecular weight is 550 g/mol. The number of amides is 1. The molecule has 0 spiro atoms. The van der Waals surface area contributed by atoms with Crippen molar-refractivity contribution in [3.63, 3.8) is 0 Å². The van der Waals surface area contributed by atoms with Gasteiger partial charge in [0.05, 0.1) is 31.9 Å². The summed E-state index contributed by atoms with van der Waals surface area (Å²) in [5.74, 6) is 2.95. The molecule has 4 rings (SSSR count). The number of aromatic nitrogens is 2. The molecule has 39 heavy (non-hydrogen) atoms. The van der Waals surface area contributed by atoms with Gasteiger partial charge in [-0.15, -0.1) is 0 Å². The summed E-state index contributed by atoms with van der Waals surface area (Å²) < 4.78 is 18.8. The lowest BCUT2D eigenvalue weighted by molar-refractivity contribution is 0.0952. The van der Waals surface area contributed by atoms with Gasteiger partial charge in [0.15, 0.2) is 11.5 Å². The summed E-state index contributed by atoms with van der Waals surface area (Å²) >= 11 is 6.12. The maximum atomic E-state index is 12.5. The molecule has 0 aliphatic carbocycles. The fourth-order valence-corrected chi connectivity index (χ4v) is 4.67. The van der Waals surface area contributed by atoms with E-state index in [0.717, 1.165) is 71.8 Å². The molecule has 0 atom stereocenters. The number of methoxy groups -OCH3 is 2. The van der Waals surface area contributed by atoms with Crippen molar-refractivity contribution in [2.24, 2.45) is 0 Å². The summed E-state index contributed by atoms with van der Waals surface area (Å²) in [6.07, 6.45) is 4.64. The third-order valence-electron chi connectivity index (χ3n) is 6.67. The molecule has 0 saturated carbocycles. The molecule has 0 saturated heterocycles. The lowest BCUT2D eigenvalue weighted by Gasteiger charge is -2.11. The third kappa shape index (κ3) is 7.45. The number of unbranched alkanes of at least 4 members (excludes halogenated alkanes) is 2. The molecule has 1 heterocycles. The highest BCUT2D eigenvalue weighted by atomic mass is 35.5. The number of para-hydroxylation sites is 2. The van der Waals surface area contributed by atoms with Crippen LogP contribution in [0.15, 0.2) is 60.7 Å². The van der Waals surface area contributed by atoms with Crippen LogP contribution in [0.1, 0.15) is 47.4 Å². The first-order chi connectivity index (χ1) is 19.0. The van der Waals surface area contributed by atoms with Crippen molar-refractivity contribution in [1.82, 2.24) is 14.9 Å². The Morgan fingerprint density at radius 1 is 0.949 bits per heavy atom. The van der Waals surface area contributed by atoms with Gasteiger partial charge >= 0.3 is 0 Å². The summed E-state index contributed by atoms with van der Waals surface area (Å²) in [7, 11) is 3.13. The van der Waals surface area contributed by atoms with Gasteiger partial charge in [0, 0.05) is 30.1 Å². The van der Waals surface area contributed by atoms with Gasteiger partial charge in [-0.3, -0.25) is 4.79 Å². The minimum atomic E-state index is -0.117. The summed E-state index contributed by atoms with van der Waals surface area (Å²) in [6.45, 7) is 4.05. The Morgan fingerprint density at radius 2 is 1.77 bits per heavy atom. The van der Waals surface area contributed by atoms with E-state index in [1.54, 1.807) is 32.4 Å². The van der Waals surface area contributed by atoms with Crippen LogP contribution in [0, 0.1) is 6.92 Å².